The number of carbonyl (C=O) groups is 1. The summed E-state index contributed by atoms with van der Waals surface area (Å²) in [6, 6.07) is 17.0. The van der Waals surface area contributed by atoms with Crippen molar-refractivity contribution in [1.29, 1.82) is 5.26 Å². The molecule has 0 aliphatic heterocycles. The lowest BCUT2D eigenvalue weighted by atomic mass is 9.90. The Bertz CT molecular complexity index is 1630. The summed E-state index contributed by atoms with van der Waals surface area (Å²) >= 11 is 0. The second kappa shape index (κ2) is 8.78. The van der Waals surface area contributed by atoms with E-state index in [0.717, 1.165) is 28.2 Å². The van der Waals surface area contributed by atoms with E-state index in [2.05, 4.69) is 26.5 Å². The third kappa shape index (κ3) is 4.34. The van der Waals surface area contributed by atoms with E-state index in [9.17, 15) is 10.1 Å². The molecule has 1 aromatic carbocycles. The highest BCUT2D eigenvalue weighted by molar-refractivity contribution is 6.04. The summed E-state index contributed by atoms with van der Waals surface area (Å²) in [5.74, 6) is -0.296. The van der Waals surface area contributed by atoms with Gasteiger partial charge in [0.05, 0.1) is 11.4 Å². The van der Waals surface area contributed by atoms with Crippen LogP contribution in [0, 0.1) is 18.3 Å². The number of rotatable bonds is 4. The summed E-state index contributed by atoms with van der Waals surface area (Å²) < 4.78 is 3.86. The Labute approximate surface area is 208 Å². The number of pyridine rings is 2. The van der Waals surface area contributed by atoms with Crippen molar-refractivity contribution in [2.75, 3.05) is 5.32 Å². The Morgan fingerprint density at radius 2 is 1.92 bits per heavy atom. The minimum Gasteiger partial charge on any atom is -0.322 e. The molecule has 0 aliphatic rings. The van der Waals surface area contributed by atoms with Crippen LogP contribution >= 0.6 is 0 Å². The maximum absolute atomic E-state index is 13.1. The Hall–Kier alpha value is -4.77. The van der Waals surface area contributed by atoms with Crippen LogP contribution in [0.1, 0.15) is 48.1 Å². The predicted molar refractivity (Wildman–Crippen MR) is 138 cm³/mol. The summed E-state index contributed by atoms with van der Waals surface area (Å²) in [6.07, 6.45) is 7.37. The number of nitrogens with zero attached hydrogens (tertiary/aromatic N) is 6. The minimum atomic E-state index is -0.296. The zero-order chi connectivity index (χ0) is 25.4. The minimum absolute atomic E-state index is 0.219. The first-order valence-electron chi connectivity index (χ1n) is 11.5. The molecule has 5 rings (SSSR count). The number of nitriles is 1. The molecule has 0 radical (unpaired) electrons. The fourth-order valence-electron chi connectivity index (χ4n) is 3.99. The van der Waals surface area contributed by atoms with Crippen molar-refractivity contribution in [3.8, 4) is 23.0 Å². The number of imidazole rings is 1. The van der Waals surface area contributed by atoms with Crippen LogP contribution in [0.3, 0.4) is 0 Å². The summed E-state index contributed by atoms with van der Waals surface area (Å²) in [7, 11) is 0. The molecule has 8 nitrogen and oxygen atoms in total. The Kier molecular flexibility index (Phi) is 5.61. The topological polar surface area (TPSA) is 101 Å². The zero-order valence-corrected chi connectivity index (χ0v) is 20.5. The molecule has 0 fully saturated rings. The predicted octanol–water partition coefficient (Wildman–Crippen LogP) is 5.31. The van der Waals surface area contributed by atoms with Gasteiger partial charge >= 0.3 is 0 Å². The van der Waals surface area contributed by atoms with Gasteiger partial charge in [-0.15, -0.1) is 0 Å². The molecule has 0 aliphatic carbocycles. The molecule has 0 unspecified atom stereocenters. The van der Waals surface area contributed by atoms with Crippen molar-refractivity contribution >= 4 is 17.2 Å². The number of aryl methyl sites for hydroxylation is 1. The lowest BCUT2D eigenvalue weighted by Crippen LogP contribution is -2.18. The molecule has 5 aromatic rings. The molecule has 1 amide bonds. The van der Waals surface area contributed by atoms with Crippen molar-refractivity contribution in [1.82, 2.24) is 24.1 Å². The SMILES string of the molecule is Cc1ccc(NC(=O)c2cc(C#N)nc(C(C)(C)C)c2)cc1-n1ccn2nc(-c3cccnc3)cc12. The number of benzene rings is 1. The number of nitrogens with one attached hydrogen (secondary N) is 1. The van der Waals surface area contributed by atoms with Gasteiger partial charge in [-0.2, -0.15) is 10.4 Å². The first-order chi connectivity index (χ1) is 17.2. The molecule has 0 atom stereocenters. The van der Waals surface area contributed by atoms with Gasteiger partial charge in [-0.1, -0.05) is 26.8 Å². The first kappa shape index (κ1) is 23.0. The second-order valence-electron chi connectivity index (χ2n) is 9.69. The van der Waals surface area contributed by atoms with Crippen molar-refractivity contribution in [2.45, 2.75) is 33.1 Å². The van der Waals surface area contributed by atoms with E-state index in [4.69, 9.17) is 0 Å². The highest BCUT2D eigenvalue weighted by Crippen LogP contribution is 2.26. The molecule has 1 N–H and O–H groups in total. The van der Waals surface area contributed by atoms with Crippen LogP contribution in [-0.2, 0) is 5.41 Å². The maximum atomic E-state index is 13.1. The van der Waals surface area contributed by atoms with Gasteiger partial charge in [-0.05, 0) is 48.9 Å². The van der Waals surface area contributed by atoms with Crippen molar-refractivity contribution in [3.05, 3.63) is 95.8 Å². The average molecular weight is 476 g/mol. The highest BCUT2D eigenvalue weighted by Gasteiger charge is 2.20. The van der Waals surface area contributed by atoms with E-state index in [1.165, 1.54) is 6.07 Å². The zero-order valence-electron chi connectivity index (χ0n) is 20.5. The van der Waals surface area contributed by atoms with Gasteiger partial charge in [0.25, 0.3) is 5.91 Å². The van der Waals surface area contributed by atoms with E-state index >= 15 is 0 Å². The number of hydrogen-bond acceptors (Lipinski definition) is 5. The standard InChI is InChI=1S/C28H25N7O/c1-18-7-8-21(32-27(36)20-12-22(16-29)31-25(13-20)28(2,3)4)14-24(18)34-10-11-35-26(34)15-23(33-35)19-6-5-9-30-17-19/h5-15,17H,1-4H3,(H,32,36). The van der Waals surface area contributed by atoms with Crippen LogP contribution in [-0.4, -0.2) is 30.1 Å². The molecule has 0 bridgehead atoms. The van der Waals surface area contributed by atoms with Crippen LogP contribution < -0.4 is 5.32 Å². The largest absolute Gasteiger partial charge is 0.322 e. The van der Waals surface area contributed by atoms with E-state index in [1.807, 2.05) is 85.6 Å². The van der Waals surface area contributed by atoms with Crippen molar-refractivity contribution in [3.63, 3.8) is 0 Å². The second-order valence-corrected chi connectivity index (χ2v) is 9.69. The van der Waals surface area contributed by atoms with Gasteiger partial charge in [0.1, 0.15) is 17.4 Å². The van der Waals surface area contributed by atoms with Gasteiger partial charge < -0.3 is 5.32 Å². The van der Waals surface area contributed by atoms with E-state index in [1.54, 1.807) is 18.5 Å². The highest BCUT2D eigenvalue weighted by atomic mass is 16.1. The van der Waals surface area contributed by atoms with Crippen LogP contribution in [0.5, 0.6) is 0 Å². The Balaban J connectivity index is 1.48. The number of aromatic nitrogens is 5. The number of carbonyl (C=O) groups excluding carboxylic acids is 1. The third-order valence-electron chi connectivity index (χ3n) is 5.97. The summed E-state index contributed by atoms with van der Waals surface area (Å²) in [4.78, 5) is 21.7. The monoisotopic (exact) mass is 475 g/mol. The quantitative estimate of drug-likeness (QED) is 0.379. The number of anilines is 1. The molecule has 178 valence electrons. The van der Waals surface area contributed by atoms with Crippen LogP contribution in [0.4, 0.5) is 5.69 Å². The van der Waals surface area contributed by atoms with Crippen molar-refractivity contribution < 1.29 is 4.79 Å². The fraction of sp³-hybridized carbons (Fsp3) is 0.179. The third-order valence-corrected chi connectivity index (χ3v) is 5.97. The fourth-order valence-corrected chi connectivity index (χ4v) is 3.99. The molecule has 0 saturated carbocycles. The molecule has 4 heterocycles. The lowest BCUT2D eigenvalue weighted by Gasteiger charge is -2.19. The lowest BCUT2D eigenvalue weighted by molar-refractivity contribution is 0.102. The van der Waals surface area contributed by atoms with Crippen LogP contribution in [0.15, 0.2) is 73.3 Å². The first-order valence-corrected chi connectivity index (χ1v) is 11.5. The van der Waals surface area contributed by atoms with Gasteiger partial charge in [0.15, 0.2) is 0 Å². The number of fused-ring (bicyclic) bond motifs is 1. The molecule has 8 heteroatoms. The normalized spacial score (nSPS) is 11.4. The van der Waals surface area contributed by atoms with Gasteiger partial charge in [-0.25, -0.2) is 9.50 Å². The summed E-state index contributed by atoms with van der Waals surface area (Å²) in [6.45, 7) is 8.02. The summed E-state index contributed by atoms with van der Waals surface area (Å²) in [5, 5.41) is 17.0. The Morgan fingerprint density at radius 1 is 1.08 bits per heavy atom. The maximum Gasteiger partial charge on any atom is 0.255 e. The molecule has 0 spiro atoms. The molecular weight excluding hydrogens is 450 g/mol. The van der Waals surface area contributed by atoms with Gasteiger partial charge in [0, 0.05) is 58.8 Å². The van der Waals surface area contributed by atoms with Crippen LogP contribution in [0.25, 0.3) is 22.6 Å². The molecule has 0 saturated heterocycles. The molecule has 36 heavy (non-hydrogen) atoms. The van der Waals surface area contributed by atoms with E-state index in [-0.39, 0.29) is 17.0 Å². The number of hydrogen-bond donors (Lipinski definition) is 1. The van der Waals surface area contributed by atoms with E-state index in [0.29, 0.717) is 16.9 Å². The Morgan fingerprint density at radius 3 is 2.64 bits per heavy atom. The number of amides is 1. The molecule has 4 aromatic heterocycles. The van der Waals surface area contributed by atoms with Crippen LogP contribution in [0.2, 0.25) is 0 Å². The smallest absolute Gasteiger partial charge is 0.255 e. The molecular formula is C28H25N7O. The van der Waals surface area contributed by atoms with E-state index < -0.39 is 0 Å². The van der Waals surface area contributed by atoms with Gasteiger partial charge in [0.2, 0.25) is 0 Å². The average Bonchev–Trinajstić information content (AvgIpc) is 3.46. The van der Waals surface area contributed by atoms with Gasteiger partial charge in [-0.3, -0.25) is 14.3 Å². The van der Waals surface area contributed by atoms with Crippen molar-refractivity contribution in [2.24, 2.45) is 0 Å². The summed E-state index contributed by atoms with van der Waals surface area (Å²) in [5.41, 5.74) is 6.28.